The zero-order valence-electron chi connectivity index (χ0n) is 15.3. The van der Waals surface area contributed by atoms with Crippen LogP contribution in [0.3, 0.4) is 0 Å². The molecule has 1 aliphatic rings. The van der Waals surface area contributed by atoms with Crippen molar-refractivity contribution >= 4 is 40.1 Å². The Morgan fingerprint density at radius 3 is 2.71 bits per heavy atom. The summed E-state index contributed by atoms with van der Waals surface area (Å²) in [6.45, 7) is 2.01. The van der Waals surface area contributed by atoms with E-state index in [0.717, 1.165) is 21.5 Å². The van der Waals surface area contributed by atoms with Crippen LogP contribution in [0.4, 0.5) is 11.4 Å². The van der Waals surface area contributed by atoms with Crippen molar-refractivity contribution in [3.05, 3.63) is 60.3 Å². The van der Waals surface area contributed by atoms with E-state index in [0.29, 0.717) is 11.3 Å². The largest absolute Gasteiger partial charge is 0.462 e. The van der Waals surface area contributed by atoms with Gasteiger partial charge in [-0.1, -0.05) is 6.07 Å². The fourth-order valence-electron chi connectivity index (χ4n) is 3.32. The normalized spacial score (nSPS) is 16.6. The molecular formula is C21H19N3O4. The molecule has 7 heteroatoms. The third kappa shape index (κ3) is 3.22. The first-order valence-corrected chi connectivity index (χ1v) is 9.04. The average Bonchev–Trinajstić information content (AvgIpc) is 3.26. The molecule has 28 heavy (non-hydrogen) atoms. The number of aromatic amines is 1. The summed E-state index contributed by atoms with van der Waals surface area (Å²) < 4.78 is 4.94. The molecule has 0 aliphatic carbocycles. The van der Waals surface area contributed by atoms with Crippen LogP contribution in [0.25, 0.3) is 10.9 Å². The van der Waals surface area contributed by atoms with Crippen LogP contribution in [0, 0.1) is 0 Å². The molecule has 3 aromatic rings. The van der Waals surface area contributed by atoms with E-state index >= 15 is 0 Å². The summed E-state index contributed by atoms with van der Waals surface area (Å²) in [7, 11) is 0. The third-order valence-corrected chi connectivity index (χ3v) is 4.68. The first-order chi connectivity index (χ1) is 13.6. The molecule has 0 unspecified atom stereocenters. The van der Waals surface area contributed by atoms with Gasteiger partial charge in [-0.3, -0.25) is 9.59 Å². The number of ether oxygens (including phenoxy) is 1. The number of carbonyl (C=O) groups is 3. The second-order valence-electron chi connectivity index (χ2n) is 6.52. The molecule has 0 saturated carbocycles. The third-order valence-electron chi connectivity index (χ3n) is 4.68. The van der Waals surface area contributed by atoms with Crippen molar-refractivity contribution in [2.45, 2.75) is 19.4 Å². The van der Waals surface area contributed by atoms with Crippen molar-refractivity contribution in [1.82, 2.24) is 4.98 Å². The zero-order valence-corrected chi connectivity index (χ0v) is 15.3. The van der Waals surface area contributed by atoms with Crippen LogP contribution in [0.1, 0.15) is 23.7 Å². The maximum Gasteiger partial charge on any atom is 0.338 e. The molecule has 1 atom stereocenters. The first kappa shape index (κ1) is 17.8. The highest BCUT2D eigenvalue weighted by Crippen LogP contribution is 2.26. The summed E-state index contributed by atoms with van der Waals surface area (Å²) in [4.78, 5) is 41.3. The lowest BCUT2D eigenvalue weighted by molar-refractivity contribution is -0.121. The Labute approximate surface area is 161 Å². The van der Waals surface area contributed by atoms with Gasteiger partial charge in [0.25, 0.3) is 5.91 Å². The molecule has 4 rings (SSSR count). The molecule has 1 aliphatic heterocycles. The lowest BCUT2D eigenvalue weighted by atomic mass is 10.2. The molecule has 2 N–H and O–H groups in total. The predicted molar refractivity (Wildman–Crippen MR) is 105 cm³/mol. The number of hydrogen-bond acceptors (Lipinski definition) is 5. The smallest absolute Gasteiger partial charge is 0.338 e. The van der Waals surface area contributed by atoms with Gasteiger partial charge in [-0.25, -0.2) is 9.69 Å². The molecule has 2 amide bonds. The van der Waals surface area contributed by atoms with E-state index in [1.165, 1.54) is 0 Å². The molecule has 142 valence electrons. The van der Waals surface area contributed by atoms with Crippen molar-refractivity contribution in [1.29, 1.82) is 0 Å². The molecule has 1 aromatic heterocycles. The number of nitrogens with zero attached hydrogens (tertiary/aromatic N) is 1. The minimum absolute atomic E-state index is 0.0707. The number of H-pyrrole nitrogens is 1. The molecule has 2 heterocycles. The minimum atomic E-state index is -0.635. The van der Waals surface area contributed by atoms with Gasteiger partial charge in [-0.15, -0.1) is 0 Å². The Morgan fingerprint density at radius 2 is 1.96 bits per heavy atom. The van der Waals surface area contributed by atoms with Crippen LogP contribution in [0.15, 0.2) is 54.7 Å². The van der Waals surface area contributed by atoms with E-state index in [2.05, 4.69) is 10.3 Å². The van der Waals surface area contributed by atoms with E-state index in [1.54, 1.807) is 31.2 Å². The monoisotopic (exact) mass is 377 g/mol. The molecular weight excluding hydrogens is 358 g/mol. The standard InChI is InChI=1S/C21H19N3O4/c1-2-28-21(27)14-4-7-16(8-5-14)24-19(25)12-18(20(24)26)23-15-6-3-13-9-10-22-17(13)11-15/h3-11,18,22-23H,2,12H2,1H3/t18-/m1/s1. The van der Waals surface area contributed by atoms with Crippen molar-refractivity contribution in [2.24, 2.45) is 0 Å². The Bertz CT molecular complexity index is 1050. The number of aromatic nitrogens is 1. The van der Waals surface area contributed by atoms with E-state index < -0.39 is 12.0 Å². The fourth-order valence-corrected chi connectivity index (χ4v) is 3.32. The summed E-state index contributed by atoms with van der Waals surface area (Å²) in [5.74, 6) is -1.04. The number of anilines is 2. The lowest BCUT2D eigenvalue weighted by Crippen LogP contribution is -2.34. The van der Waals surface area contributed by atoms with Gasteiger partial charge in [0.15, 0.2) is 0 Å². The van der Waals surface area contributed by atoms with E-state index in [-0.39, 0.29) is 24.8 Å². The highest BCUT2D eigenvalue weighted by molar-refractivity contribution is 6.23. The van der Waals surface area contributed by atoms with Gasteiger partial charge in [-0.05, 0) is 54.8 Å². The second-order valence-corrected chi connectivity index (χ2v) is 6.52. The van der Waals surface area contributed by atoms with Crippen LogP contribution in [0.2, 0.25) is 0 Å². The average molecular weight is 377 g/mol. The van der Waals surface area contributed by atoms with Crippen molar-refractivity contribution in [2.75, 3.05) is 16.8 Å². The van der Waals surface area contributed by atoms with E-state index in [9.17, 15) is 14.4 Å². The molecule has 1 fully saturated rings. The van der Waals surface area contributed by atoms with E-state index in [1.807, 2.05) is 30.5 Å². The Hall–Kier alpha value is -3.61. The van der Waals surface area contributed by atoms with Gasteiger partial charge in [0, 0.05) is 17.4 Å². The number of nitrogens with one attached hydrogen (secondary N) is 2. The Morgan fingerprint density at radius 1 is 1.18 bits per heavy atom. The lowest BCUT2D eigenvalue weighted by Gasteiger charge is -2.16. The number of hydrogen-bond donors (Lipinski definition) is 2. The Balaban J connectivity index is 1.51. The SMILES string of the molecule is CCOC(=O)c1ccc(N2C(=O)C[C@@H](Nc3ccc4cc[nH]c4c3)C2=O)cc1. The number of esters is 1. The molecule has 0 radical (unpaired) electrons. The summed E-state index contributed by atoms with van der Waals surface area (Å²) in [5, 5.41) is 4.21. The molecule has 1 saturated heterocycles. The maximum absolute atomic E-state index is 12.8. The number of benzene rings is 2. The van der Waals surface area contributed by atoms with Crippen molar-refractivity contribution < 1.29 is 19.1 Å². The van der Waals surface area contributed by atoms with Crippen LogP contribution >= 0.6 is 0 Å². The van der Waals surface area contributed by atoms with Gasteiger partial charge in [0.05, 0.1) is 24.3 Å². The first-order valence-electron chi connectivity index (χ1n) is 9.04. The number of carbonyl (C=O) groups excluding carboxylic acids is 3. The molecule has 2 aromatic carbocycles. The quantitative estimate of drug-likeness (QED) is 0.527. The van der Waals surface area contributed by atoms with Crippen molar-refractivity contribution in [3.8, 4) is 0 Å². The summed E-state index contributed by atoms with van der Waals surface area (Å²) >= 11 is 0. The summed E-state index contributed by atoms with van der Waals surface area (Å²) in [5.41, 5.74) is 2.53. The predicted octanol–water partition coefficient (Wildman–Crippen LogP) is 3.09. The highest BCUT2D eigenvalue weighted by atomic mass is 16.5. The van der Waals surface area contributed by atoms with Crippen LogP contribution in [0.5, 0.6) is 0 Å². The summed E-state index contributed by atoms with van der Waals surface area (Å²) in [6.07, 6.45) is 1.92. The highest BCUT2D eigenvalue weighted by Gasteiger charge is 2.39. The number of imide groups is 1. The second kappa shape index (κ2) is 7.19. The number of amides is 2. The van der Waals surface area contributed by atoms with E-state index in [4.69, 9.17) is 4.74 Å². The molecule has 0 spiro atoms. The van der Waals surface area contributed by atoms with Gasteiger partial charge < -0.3 is 15.0 Å². The van der Waals surface area contributed by atoms with Crippen LogP contribution < -0.4 is 10.2 Å². The van der Waals surface area contributed by atoms with Crippen molar-refractivity contribution in [3.63, 3.8) is 0 Å². The van der Waals surface area contributed by atoms with Gasteiger partial charge in [0.2, 0.25) is 5.91 Å². The molecule has 7 nitrogen and oxygen atoms in total. The topological polar surface area (TPSA) is 91.5 Å². The van der Waals surface area contributed by atoms with Gasteiger partial charge in [-0.2, -0.15) is 0 Å². The van der Waals surface area contributed by atoms with Crippen LogP contribution in [-0.2, 0) is 14.3 Å². The van der Waals surface area contributed by atoms with Gasteiger partial charge >= 0.3 is 5.97 Å². The summed E-state index contributed by atoms with van der Waals surface area (Å²) in [6, 6.07) is 13.3. The number of fused-ring (bicyclic) bond motifs is 1. The minimum Gasteiger partial charge on any atom is -0.462 e. The van der Waals surface area contributed by atoms with Crippen LogP contribution in [-0.4, -0.2) is 35.4 Å². The maximum atomic E-state index is 12.8. The number of rotatable bonds is 5. The fraction of sp³-hybridized carbons (Fsp3) is 0.190. The van der Waals surface area contributed by atoms with Gasteiger partial charge in [0.1, 0.15) is 6.04 Å². The Kier molecular flexibility index (Phi) is 4.57. The zero-order chi connectivity index (χ0) is 19.7. The molecule has 0 bridgehead atoms.